The van der Waals surface area contributed by atoms with E-state index >= 15 is 0 Å². The van der Waals surface area contributed by atoms with Crippen LogP contribution in [-0.2, 0) is 9.59 Å². The Bertz CT molecular complexity index is 565. The standard InChI is InChI=1S/C14H16F2N2O3/c1-8(18-5-4-9(7-18)14(20)21)13(19)17-12-6-10(15)2-3-11(12)16/h2-3,6,8-9H,4-5,7H2,1H3,(H,17,19)(H,20,21). The van der Waals surface area contributed by atoms with Crippen LogP contribution >= 0.6 is 0 Å². The number of likely N-dealkylation sites (tertiary alicyclic amines) is 1. The van der Waals surface area contributed by atoms with E-state index in [1.807, 2.05) is 0 Å². The van der Waals surface area contributed by atoms with Gasteiger partial charge in [0.2, 0.25) is 5.91 Å². The normalized spacial score (nSPS) is 20.2. The zero-order valence-corrected chi connectivity index (χ0v) is 11.5. The Morgan fingerprint density at radius 3 is 2.76 bits per heavy atom. The summed E-state index contributed by atoms with van der Waals surface area (Å²) in [5.41, 5.74) is -0.221. The van der Waals surface area contributed by atoms with E-state index in [1.54, 1.807) is 11.8 Å². The van der Waals surface area contributed by atoms with Crippen LogP contribution in [0.15, 0.2) is 18.2 Å². The number of carbonyl (C=O) groups excluding carboxylic acids is 1. The molecule has 1 aliphatic heterocycles. The van der Waals surface area contributed by atoms with Crippen LogP contribution < -0.4 is 5.32 Å². The summed E-state index contributed by atoms with van der Waals surface area (Å²) in [7, 11) is 0. The number of carbonyl (C=O) groups is 2. The van der Waals surface area contributed by atoms with E-state index in [9.17, 15) is 18.4 Å². The fourth-order valence-electron chi connectivity index (χ4n) is 2.34. The van der Waals surface area contributed by atoms with Crippen LogP contribution in [0.1, 0.15) is 13.3 Å². The molecule has 0 aromatic heterocycles. The molecule has 1 heterocycles. The monoisotopic (exact) mass is 298 g/mol. The van der Waals surface area contributed by atoms with Crippen LogP contribution in [0.2, 0.25) is 0 Å². The van der Waals surface area contributed by atoms with Crippen LogP contribution in [0, 0.1) is 17.6 Å². The number of rotatable bonds is 4. The molecular formula is C14H16F2N2O3. The highest BCUT2D eigenvalue weighted by molar-refractivity contribution is 5.94. The Kier molecular flexibility index (Phi) is 4.52. The van der Waals surface area contributed by atoms with Gasteiger partial charge in [-0.2, -0.15) is 0 Å². The van der Waals surface area contributed by atoms with Crippen molar-refractivity contribution in [1.82, 2.24) is 4.90 Å². The molecule has 1 aliphatic rings. The first-order valence-electron chi connectivity index (χ1n) is 6.61. The van der Waals surface area contributed by atoms with Gasteiger partial charge in [0.1, 0.15) is 11.6 Å². The molecule has 1 amide bonds. The molecule has 0 bridgehead atoms. The Morgan fingerprint density at radius 1 is 1.43 bits per heavy atom. The van der Waals surface area contributed by atoms with Gasteiger partial charge in [-0.3, -0.25) is 14.5 Å². The number of amides is 1. The summed E-state index contributed by atoms with van der Waals surface area (Å²) in [6.45, 7) is 2.36. The smallest absolute Gasteiger partial charge is 0.307 e. The molecule has 2 unspecified atom stereocenters. The van der Waals surface area contributed by atoms with E-state index < -0.39 is 35.5 Å². The van der Waals surface area contributed by atoms with Crippen molar-refractivity contribution in [2.45, 2.75) is 19.4 Å². The van der Waals surface area contributed by atoms with Crippen LogP contribution in [0.5, 0.6) is 0 Å². The van der Waals surface area contributed by atoms with E-state index in [-0.39, 0.29) is 12.2 Å². The maximum Gasteiger partial charge on any atom is 0.307 e. The number of aliphatic carboxylic acids is 1. The molecule has 0 aliphatic carbocycles. The number of nitrogens with zero attached hydrogens (tertiary/aromatic N) is 1. The van der Waals surface area contributed by atoms with E-state index in [0.717, 1.165) is 18.2 Å². The van der Waals surface area contributed by atoms with Gasteiger partial charge in [0.15, 0.2) is 0 Å². The van der Waals surface area contributed by atoms with E-state index in [0.29, 0.717) is 13.0 Å². The number of benzene rings is 1. The maximum absolute atomic E-state index is 13.5. The molecule has 5 nitrogen and oxygen atoms in total. The molecule has 1 aromatic carbocycles. The van der Waals surface area contributed by atoms with Gasteiger partial charge in [0, 0.05) is 12.6 Å². The summed E-state index contributed by atoms with van der Waals surface area (Å²) in [5.74, 6) is -3.24. The maximum atomic E-state index is 13.5. The average Bonchev–Trinajstić information content (AvgIpc) is 2.91. The highest BCUT2D eigenvalue weighted by atomic mass is 19.1. The molecule has 7 heteroatoms. The summed E-state index contributed by atoms with van der Waals surface area (Å²) >= 11 is 0. The van der Waals surface area contributed by atoms with Crippen molar-refractivity contribution in [3.63, 3.8) is 0 Å². The molecule has 1 fully saturated rings. The summed E-state index contributed by atoms with van der Waals surface area (Å²) < 4.78 is 26.5. The molecule has 1 aromatic rings. The average molecular weight is 298 g/mol. The van der Waals surface area contributed by atoms with Crippen molar-refractivity contribution >= 4 is 17.6 Å². The van der Waals surface area contributed by atoms with Gasteiger partial charge in [-0.25, -0.2) is 8.78 Å². The highest BCUT2D eigenvalue weighted by Crippen LogP contribution is 2.20. The summed E-state index contributed by atoms with van der Waals surface area (Å²) in [5, 5.41) is 11.3. The Balaban J connectivity index is 2.00. The van der Waals surface area contributed by atoms with Gasteiger partial charge in [-0.1, -0.05) is 0 Å². The largest absolute Gasteiger partial charge is 0.481 e. The van der Waals surface area contributed by atoms with Gasteiger partial charge >= 0.3 is 5.97 Å². The second kappa shape index (κ2) is 6.17. The number of hydrogen-bond acceptors (Lipinski definition) is 3. The van der Waals surface area contributed by atoms with Crippen molar-refractivity contribution < 1.29 is 23.5 Å². The number of halogens is 2. The van der Waals surface area contributed by atoms with E-state index in [2.05, 4.69) is 5.32 Å². The van der Waals surface area contributed by atoms with Gasteiger partial charge in [0.25, 0.3) is 0 Å². The fourth-order valence-corrected chi connectivity index (χ4v) is 2.34. The highest BCUT2D eigenvalue weighted by Gasteiger charge is 2.33. The SMILES string of the molecule is CC(C(=O)Nc1cc(F)ccc1F)N1CCC(C(=O)O)C1. The molecule has 0 spiro atoms. The van der Waals surface area contributed by atoms with Crippen molar-refractivity contribution in [1.29, 1.82) is 0 Å². The number of hydrogen-bond donors (Lipinski definition) is 2. The lowest BCUT2D eigenvalue weighted by Gasteiger charge is -2.23. The van der Waals surface area contributed by atoms with Gasteiger partial charge in [-0.05, 0) is 32.0 Å². The van der Waals surface area contributed by atoms with Crippen molar-refractivity contribution in [3.05, 3.63) is 29.8 Å². The fraction of sp³-hybridized carbons (Fsp3) is 0.429. The molecule has 114 valence electrons. The van der Waals surface area contributed by atoms with Crippen molar-refractivity contribution in [2.75, 3.05) is 18.4 Å². The van der Waals surface area contributed by atoms with Crippen LogP contribution in [0.3, 0.4) is 0 Å². The molecule has 2 N–H and O–H groups in total. The zero-order valence-electron chi connectivity index (χ0n) is 11.5. The molecule has 2 rings (SSSR count). The second-order valence-corrected chi connectivity index (χ2v) is 5.11. The summed E-state index contributed by atoms with van der Waals surface area (Å²) in [6.07, 6.45) is 0.473. The number of carboxylic acid groups (broad SMARTS) is 1. The number of anilines is 1. The summed E-state index contributed by atoms with van der Waals surface area (Å²) in [4.78, 5) is 24.7. The third kappa shape index (κ3) is 3.55. The van der Waals surface area contributed by atoms with E-state index in [1.165, 1.54) is 0 Å². The molecule has 0 radical (unpaired) electrons. The molecule has 2 atom stereocenters. The number of carboxylic acids is 1. The predicted molar refractivity (Wildman–Crippen MR) is 71.8 cm³/mol. The van der Waals surface area contributed by atoms with Gasteiger partial charge in [-0.15, -0.1) is 0 Å². The third-order valence-electron chi connectivity index (χ3n) is 3.68. The first-order chi connectivity index (χ1) is 9.88. The Morgan fingerprint density at radius 2 is 2.14 bits per heavy atom. The predicted octanol–water partition coefficient (Wildman–Crippen LogP) is 1.70. The topological polar surface area (TPSA) is 69.6 Å². The second-order valence-electron chi connectivity index (χ2n) is 5.11. The molecular weight excluding hydrogens is 282 g/mol. The van der Waals surface area contributed by atoms with Gasteiger partial charge in [0.05, 0.1) is 17.6 Å². The number of nitrogens with one attached hydrogen (secondary N) is 1. The molecule has 1 saturated heterocycles. The lowest BCUT2D eigenvalue weighted by atomic mass is 10.1. The first-order valence-corrected chi connectivity index (χ1v) is 6.61. The van der Waals surface area contributed by atoms with Crippen LogP contribution in [-0.4, -0.2) is 41.0 Å². The lowest BCUT2D eigenvalue weighted by molar-refractivity contribution is -0.141. The quantitative estimate of drug-likeness (QED) is 0.887. The first kappa shape index (κ1) is 15.4. The minimum atomic E-state index is -0.888. The third-order valence-corrected chi connectivity index (χ3v) is 3.68. The van der Waals surface area contributed by atoms with Gasteiger partial charge < -0.3 is 10.4 Å². The van der Waals surface area contributed by atoms with E-state index in [4.69, 9.17) is 5.11 Å². The van der Waals surface area contributed by atoms with Crippen LogP contribution in [0.25, 0.3) is 0 Å². The Hall–Kier alpha value is -2.02. The zero-order chi connectivity index (χ0) is 15.6. The summed E-state index contributed by atoms with van der Waals surface area (Å²) in [6, 6.07) is 2.19. The van der Waals surface area contributed by atoms with Crippen molar-refractivity contribution in [3.8, 4) is 0 Å². The molecule has 0 saturated carbocycles. The van der Waals surface area contributed by atoms with Crippen LogP contribution in [0.4, 0.5) is 14.5 Å². The molecule has 21 heavy (non-hydrogen) atoms. The minimum Gasteiger partial charge on any atom is -0.481 e. The minimum absolute atomic E-state index is 0.221. The Labute approximate surface area is 120 Å². The lowest BCUT2D eigenvalue weighted by Crippen LogP contribution is -2.41. The van der Waals surface area contributed by atoms with Crippen molar-refractivity contribution in [2.24, 2.45) is 5.92 Å².